The highest BCUT2D eigenvalue weighted by atomic mass is 32.2. The van der Waals surface area contributed by atoms with Crippen molar-refractivity contribution in [1.29, 1.82) is 0 Å². The molecule has 104 valence electrons. The molecule has 1 N–H and O–H groups in total. The lowest BCUT2D eigenvalue weighted by Gasteiger charge is -2.24. The molecule has 3 rings (SSSR count). The van der Waals surface area contributed by atoms with Gasteiger partial charge in [-0.05, 0) is 51.2 Å². The van der Waals surface area contributed by atoms with Crippen molar-refractivity contribution in [3.63, 3.8) is 0 Å². The molecule has 19 heavy (non-hydrogen) atoms. The summed E-state index contributed by atoms with van der Waals surface area (Å²) in [7, 11) is 0. The van der Waals surface area contributed by atoms with E-state index in [0.29, 0.717) is 5.25 Å². The third-order valence-electron chi connectivity index (χ3n) is 4.01. The summed E-state index contributed by atoms with van der Waals surface area (Å²) in [6, 6.07) is 0. The van der Waals surface area contributed by atoms with Crippen molar-refractivity contribution in [1.82, 2.24) is 9.97 Å². The summed E-state index contributed by atoms with van der Waals surface area (Å²) >= 11 is 2.04. The van der Waals surface area contributed by atoms with Crippen LogP contribution in [-0.4, -0.2) is 22.3 Å². The Hall–Kier alpha value is -0.770. The molecule has 1 fully saturated rings. The summed E-state index contributed by atoms with van der Waals surface area (Å²) < 4.78 is 0. The number of hydrogen-bond donors (Lipinski definition) is 1. The minimum Gasteiger partial charge on any atom is -0.370 e. The summed E-state index contributed by atoms with van der Waals surface area (Å²) in [6.45, 7) is 3.09. The number of fused-ring (bicyclic) bond motifs is 1. The van der Waals surface area contributed by atoms with E-state index in [4.69, 9.17) is 9.97 Å². The highest BCUT2D eigenvalue weighted by Gasteiger charge is 2.23. The molecule has 1 unspecified atom stereocenters. The van der Waals surface area contributed by atoms with E-state index in [9.17, 15) is 0 Å². The van der Waals surface area contributed by atoms with Crippen LogP contribution in [0.1, 0.15) is 61.4 Å². The van der Waals surface area contributed by atoms with Crippen molar-refractivity contribution in [3.05, 3.63) is 17.1 Å². The number of hydrogen-bond acceptors (Lipinski definition) is 4. The Balaban J connectivity index is 1.93. The normalized spacial score (nSPS) is 22.9. The Morgan fingerprint density at radius 3 is 2.84 bits per heavy atom. The van der Waals surface area contributed by atoms with Crippen LogP contribution in [0.15, 0.2) is 0 Å². The molecule has 1 aromatic heterocycles. The van der Waals surface area contributed by atoms with Gasteiger partial charge >= 0.3 is 0 Å². The van der Waals surface area contributed by atoms with Crippen molar-refractivity contribution in [3.8, 4) is 0 Å². The molecule has 4 heteroatoms. The van der Waals surface area contributed by atoms with E-state index in [-0.39, 0.29) is 0 Å². The van der Waals surface area contributed by atoms with Gasteiger partial charge < -0.3 is 5.32 Å². The second-order valence-electron chi connectivity index (χ2n) is 5.45. The highest BCUT2D eigenvalue weighted by Crippen LogP contribution is 2.38. The molecule has 1 aromatic rings. The first-order chi connectivity index (χ1) is 9.38. The van der Waals surface area contributed by atoms with E-state index in [1.54, 1.807) is 0 Å². The third kappa shape index (κ3) is 2.88. The maximum absolute atomic E-state index is 4.91. The topological polar surface area (TPSA) is 37.8 Å². The number of anilines is 1. The highest BCUT2D eigenvalue weighted by molar-refractivity contribution is 7.99. The van der Waals surface area contributed by atoms with Crippen LogP contribution in [0.4, 0.5) is 5.82 Å². The number of aromatic nitrogens is 2. The van der Waals surface area contributed by atoms with Crippen molar-refractivity contribution in [2.24, 2.45) is 0 Å². The number of nitrogens with zero attached hydrogens (tertiary/aromatic N) is 2. The molecular formula is C15H23N3S. The third-order valence-corrected chi connectivity index (χ3v) is 5.39. The van der Waals surface area contributed by atoms with Gasteiger partial charge in [-0.15, -0.1) is 0 Å². The van der Waals surface area contributed by atoms with E-state index in [2.05, 4.69) is 12.2 Å². The number of rotatable bonds is 3. The molecule has 1 saturated heterocycles. The number of aryl methyl sites for hydroxylation is 1. The van der Waals surface area contributed by atoms with Gasteiger partial charge in [0.15, 0.2) is 0 Å². The van der Waals surface area contributed by atoms with Crippen LogP contribution < -0.4 is 5.32 Å². The van der Waals surface area contributed by atoms with Crippen LogP contribution in [0, 0.1) is 0 Å². The molecule has 0 radical (unpaired) electrons. The summed E-state index contributed by atoms with van der Waals surface area (Å²) in [4.78, 5) is 9.76. The van der Waals surface area contributed by atoms with Gasteiger partial charge in [-0.1, -0.05) is 6.42 Å². The van der Waals surface area contributed by atoms with Crippen molar-refractivity contribution < 1.29 is 0 Å². The van der Waals surface area contributed by atoms with E-state index >= 15 is 0 Å². The Kier molecular flexibility index (Phi) is 4.26. The Bertz CT molecular complexity index is 441. The van der Waals surface area contributed by atoms with Crippen molar-refractivity contribution >= 4 is 17.6 Å². The second kappa shape index (κ2) is 6.12. The number of thioether (sulfide) groups is 1. The van der Waals surface area contributed by atoms with E-state index in [1.165, 1.54) is 49.1 Å². The van der Waals surface area contributed by atoms with E-state index in [0.717, 1.165) is 31.0 Å². The first-order valence-corrected chi connectivity index (χ1v) is 8.68. The minimum atomic E-state index is 0.526. The minimum absolute atomic E-state index is 0.526. The molecule has 3 nitrogen and oxygen atoms in total. The molecule has 0 bridgehead atoms. The lowest BCUT2D eigenvalue weighted by molar-refractivity contribution is 0.629. The molecular weight excluding hydrogens is 254 g/mol. The number of nitrogens with one attached hydrogen (secondary N) is 1. The fourth-order valence-electron chi connectivity index (χ4n) is 3.02. The van der Waals surface area contributed by atoms with Crippen molar-refractivity contribution in [2.75, 3.05) is 17.6 Å². The standard InChI is InChI=1S/C15H23N3S/c1-2-16-14-11-7-3-4-8-12(11)17-15(18-14)13-9-5-6-10-19-13/h13H,2-10H2,1H3,(H,16,17,18). The van der Waals surface area contributed by atoms with Crippen LogP contribution >= 0.6 is 11.8 Å². The predicted octanol–water partition coefficient (Wildman–Crippen LogP) is 3.75. The SMILES string of the molecule is CCNc1nc(C2CCCCS2)nc2c1CCCC2. The van der Waals surface area contributed by atoms with Crippen LogP contribution in [0.3, 0.4) is 0 Å². The fraction of sp³-hybridized carbons (Fsp3) is 0.733. The van der Waals surface area contributed by atoms with Crippen LogP contribution in [0.25, 0.3) is 0 Å². The molecule has 1 aliphatic carbocycles. The first-order valence-electron chi connectivity index (χ1n) is 7.63. The van der Waals surface area contributed by atoms with Crippen LogP contribution in [0.5, 0.6) is 0 Å². The summed E-state index contributed by atoms with van der Waals surface area (Å²) in [5.74, 6) is 3.47. The zero-order chi connectivity index (χ0) is 13.1. The second-order valence-corrected chi connectivity index (χ2v) is 6.76. The quantitative estimate of drug-likeness (QED) is 0.913. The molecule has 0 aromatic carbocycles. The monoisotopic (exact) mass is 277 g/mol. The fourth-order valence-corrected chi connectivity index (χ4v) is 4.26. The van der Waals surface area contributed by atoms with Gasteiger partial charge in [0.1, 0.15) is 11.6 Å². The predicted molar refractivity (Wildman–Crippen MR) is 81.9 cm³/mol. The molecule has 1 atom stereocenters. The van der Waals surface area contributed by atoms with E-state index in [1.807, 2.05) is 11.8 Å². The maximum atomic E-state index is 4.91. The Morgan fingerprint density at radius 2 is 2.05 bits per heavy atom. The zero-order valence-electron chi connectivity index (χ0n) is 11.7. The average Bonchev–Trinajstić information content (AvgIpc) is 2.48. The Labute approximate surface area is 120 Å². The van der Waals surface area contributed by atoms with Gasteiger partial charge in [0.2, 0.25) is 0 Å². The first kappa shape index (κ1) is 13.2. The smallest absolute Gasteiger partial charge is 0.143 e. The van der Waals surface area contributed by atoms with Gasteiger partial charge in [0.05, 0.1) is 5.25 Å². The molecule has 1 aliphatic heterocycles. The lowest BCUT2D eigenvalue weighted by Crippen LogP contribution is -2.16. The van der Waals surface area contributed by atoms with Gasteiger partial charge in [-0.2, -0.15) is 11.8 Å². The molecule has 0 amide bonds. The van der Waals surface area contributed by atoms with Gasteiger partial charge in [-0.25, -0.2) is 9.97 Å². The summed E-state index contributed by atoms with van der Waals surface area (Å²) in [5.41, 5.74) is 2.70. The zero-order valence-corrected chi connectivity index (χ0v) is 12.6. The molecule has 2 aliphatic rings. The van der Waals surface area contributed by atoms with Gasteiger partial charge in [0, 0.05) is 17.8 Å². The average molecular weight is 277 g/mol. The lowest BCUT2D eigenvalue weighted by atomic mass is 9.96. The summed E-state index contributed by atoms with van der Waals surface area (Å²) in [5, 5.41) is 3.98. The molecule has 0 spiro atoms. The van der Waals surface area contributed by atoms with Crippen LogP contribution in [0.2, 0.25) is 0 Å². The Morgan fingerprint density at radius 1 is 1.16 bits per heavy atom. The van der Waals surface area contributed by atoms with Gasteiger partial charge in [-0.3, -0.25) is 0 Å². The summed E-state index contributed by atoms with van der Waals surface area (Å²) in [6.07, 6.45) is 8.78. The molecule has 2 heterocycles. The van der Waals surface area contributed by atoms with Gasteiger partial charge in [0.25, 0.3) is 0 Å². The molecule has 0 saturated carbocycles. The largest absolute Gasteiger partial charge is 0.370 e. The maximum Gasteiger partial charge on any atom is 0.143 e. The van der Waals surface area contributed by atoms with Crippen molar-refractivity contribution in [2.45, 2.75) is 57.1 Å². The van der Waals surface area contributed by atoms with E-state index < -0.39 is 0 Å². The van der Waals surface area contributed by atoms with Crippen LogP contribution in [-0.2, 0) is 12.8 Å².